The summed E-state index contributed by atoms with van der Waals surface area (Å²) in [6, 6.07) is 0. The van der Waals surface area contributed by atoms with Crippen LogP contribution >= 0.6 is 0 Å². The van der Waals surface area contributed by atoms with Crippen LogP contribution in [0.2, 0.25) is 0 Å². The molecule has 0 radical (unpaired) electrons. The zero-order valence-corrected chi connectivity index (χ0v) is 15.1. The van der Waals surface area contributed by atoms with Gasteiger partial charge in [-0.05, 0) is 74.5 Å². The standard InChI is InChI=1S/C22H34/c1-6-8-17-10-11-18-19-12-9-16(3)21(19,4)15-13-20(18)22(17,5)14-7-2/h6-8,14,16,18-20H,1,9-13,15H2,2-5H3/b14-7-,17-8-. The van der Waals surface area contributed by atoms with Gasteiger partial charge >= 0.3 is 0 Å². The maximum absolute atomic E-state index is 3.96. The van der Waals surface area contributed by atoms with Gasteiger partial charge in [-0.25, -0.2) is 0 Å². The molecule has 0 heterocycles. The SMILES string of the molecule is C=C/C=C1/CCC2C(CCC3(C)C(C)CCC23)C1(C)/C=C\C. The van der Waals surface area contributed by atoms with Crippen molar-refractivity contribution < 1.29 is 0 Å². The van der Waals surface area contributed by atoms with Gasteiger partial charge in [0.05, 0.1) is 0 Å². The van der Waals surface area contributed by atoms with E-state index in [1.54, 1.807) is 5.57 Å². The highest BCUT2D eigenvalue weighted by Crippen LogP contribution is 2.65. The van der Waals surface area contributed by atoms with E-state index >= 15 is 0 Å². The van der Waals surface area contributed by atoms with Gasteiger partial charge in [0.1, 0.15) is 0 Å². The minimum absolute atomic E-state index is 0.263. The first-order chi connectivity index (χ1) is 10.5. The fraction of sp³-hybridized carbons (Fsp3) is 0.727. The van der Waals surface area contributed by atoms with Gasteiger partial charge in [0, 0.05) is 5.41 Å². The van der Waals surface area contributed by atoms with Gasteiger partial charge in [-0.15, -0.1) is 0 Å². The van der Waals surface area contributed by atoms with E-state index in [4.69, 9.17) is 0 Å². The normalized spacial score (nSPS) is 50.1. The topological polar surface area (TPSA) is 0 Å². The summed E-state index contributed by atoms with van der Waals surface area (Å²) in [6.07, 6.45) is 17.6. The van der Waals surface area contributed by atoms with Crippen molar-refractivity contribution in [2.75, 3.05) is 0 Å². The minimum atomic E-state index is 0.263. The van der Waals surface area contributed by atoms with Crippen LogP contribution in [0.1, 0.15) is 66.2 Å². The Labute approximate surface area is 137 Å². The molecule has 0 aromatic rings. The van der Waals surface area contributed by atoms with Gasteiger partial charge in [0.25, 0.3) is 0 Å². The smallest absolute Gasteiger partial charge is 0.00964 e. The van der Waals surface area contributed by atoms with Crippen molar-refractivity contribution in [1.29, 1.82) is 0 Å². The first-order valence-electron chi connectivity index (χ1n) is 9.43. The van der Waals surface area contributed by atoms with E-state index in [1.807, 2.05) is 6.08 Å². The lowest BCUT2D eigenvalue weighted by Gasteiger charge is -2.56. The van der Waals surface area contributed by atoms with Crippen molar-refractivity contribution in [2.45, 2.75) is 66.2 Å². The van der Waals surface area contributed by atoms with Crippen LogP contribution in [-0.2, 0) is 0 Å². The lowest BCUT2D eigenvalue weighted by Crippen LogP contribution is -2.48. The second-order valence-electron chi connectivity index (χ2n) is 8.65. The van der Waals surface area contributed by atoms with Crippen molar-refractivity contribution in [2.24, 2.45) is 34.5 Å². The van der Waals surface area contributed by atoms with Crippen LogP contribution in [0.4, 0.5) is 0 Å². The van der Waals surface area contributed by atoms with Gasteiger partial charge in [-0.3, -0.25) is 0 Å². The van der Waals surface area contributed by atoms with Gasteiger partial charge in [-0.2, -0.15) is 0 Å². The molecule has 0 aliphatic heterocycles. The predicted molar refractivity (Wildman–Crippen MR) is 96.6 cm³/mol. The largest absolute Gasteiger partial charge is 0.0991 e. The monoisotopic (exact) mass is 298 g/mol. The van der Waals surface area contributed by atoms with Crippen LogP contribution in [0.15, 0.2) is 36.5 Å². The molecule has 6 atom stereocenters. The van der Waals surface area contributed by atoms with Crippen LogP contribution in [0, 0.1) is 34.5 Å². The Morgan fingerprint density at radius 3 is 2.55 bits per heavy atom. The molecule has 122 valence electrons. The summed E-state index contributed by atoms with van der Waals surface area (Å²) in [4.78, 5) is 0. The summed E-state index contributed by atoms with van der Waals surface area (Å²) < 4.78 is 0. The summed E-state index contributed by atoms with van der Waals surface area (Å²) >= 11 is 0. The molecule has 0 bridgehead atoms. The maximum atomic E-state index is 3.96. The van der Waals surface area contributed by atoms with E-state index in [2.05, 4.69) is 52.5 Å². The fourth-order valence-corrected chi connectivity index (χ4v) is 6.51. The Morgan fingerprint density at radius 1 is 1.09 bits per heavy atom. The third kappa shape index (κ3) is 2.17. The molecule has 0 N–H and O–H groups in total. The number of allylic oxidation sites excluding steroid dienone is 5. The average molecular weight is 299 g/mol. The molecule has 3 aliphatic rings. The highest BCUT2D eigenvalue weighted by molar-refractivity contribution is 5.30. The summed E-state index contributed by atoms with van der Waals surface area (Å²) in [7, 11) is 0. The molecule has 0 aromatic heterocycles. The molecule has 0 amide bonds. The predicted octanol–water partition coefficient (Wildman–Crippen LogP) is 6.55. The highest BCUT2D eigenvalue weighted by atomic mass is 14.6. The number of hydrogen-bond acceptors (Lipinski definition) is 0. The van der Waals surface area contributed by atoms with Gasteiger partial charge in [-0.1, -0.05) is 57.2 Å². The molecular formula is C22H34. The quantitative estimate of drug-likeness (QED) is 0.507. The van der Waals surface area contributed by atoms with E-state index in [0.717, 1.165) is 23.7 Å². The molecule has 6 unspecified atom stereocenters. The minimum Gasteiger partial charge on any atom is -0.0991 e. The molecule has 3 aliphatic carbocycles. The van der Waals surface area contributed by atoms with Crippen LogP contribution < -0.4 is 0 Å². The maximum Gasteiger partial charge on any atom is 0.00964 e. The Morgan fingerprint density at radius 2 is 1.86 bits per heavy atom. The van der Waals surface area contributed by atoms with E-state index in [9.17, 15) is 0 Å². The highest BCUT2D eigenvalue weighted by Gasteiger charge is 2.56. The lowest BCUT2D eigenvalue weighted by atomic mass is 9.48. The Balaban J connectivity index is 1.97. The first kappa shape index (κ1) is 16.1. The number of fused-ring (bicyclic) bond motifs is 3. The zero-order valence-electron chi connectivity index (χ0n) is 15.1. The summed E-state index contributed by atoms with van der Waals surface area (Å²) in [5.41, 5.74) is 2.51. The van der Waals surface area contributed by atoms with Crippen LogP contribution in [-0.4, -0.2) is 0 Å². The zero-order chi connectivity index (χ0) is 16.0. The van der Waals surface area contributed by atoms with E-state index in [1.165, 1.54) is 38.5 Å². The molecule has 3 saturated carbocycles. The van der Waals surface area contributed by atoms with E-state index in [-0.39, 0.29) is 5.41 Å². The van der Waals surface area contributed by atoms with Gasteiger partial charge in [0.2, 0.25) is 0 Å². The third-order valence-electron chi connectivity index (χ3n) is 7.95. The summed E-state index contributed by atoms with van der Waals surface area (Å²) in [5.74, 6) is 3.67. The van der Waals surface area contributed by atoms with Gasteiger partial charge in [0.15, 0.2) is 0 Å². The van der Waals surface area contributed by atoms with Crippen molar-refractivity contribution in [3.05, 3.63) is 36.5 Å². The average Bonchev–Trinajstić information content (AvgIpc) is 2.79. The van der Waals surface area contributed by atoms with E-state index in [0.29, 0.717) is 5.41 Å². The molecule has 0 saturated heterocycles. The summed E-state index contributed by atoms with van der Waals surface area (Å²) in [6.45, 7) is 13.8. The van der Waals surface area contributed by atoms with Crippen LogP contribution in [0.5, 0.6) is 0 Å². The molecule has 0 heteroatoms. The molecule has 0 nitrogen and oxygen atoms in total. The van der Waals surface area contributed by atoms with Crippen molar-refractivity contribution in [3.8, 4) is 0 Å². The number of rotatable bonds is 2. The van der Waals surface area contributed by atoms with Gasteiger partial charge < -0.3 is 0 Å². The molecule has 0 aromatic carbocycles. The molecule has 22 heavy (non-hydrogen) atoms. The molecule has 0 spiro atoms. The Kier molecular flexibility index (Phi) is 4.16. The van der Waals surface area contributed by atoms with Crippen LogP contribution in [0.3, 0.4) is 0 Å². The first-order valence-corrected chi connectivity index (χ1v) is 9.43. The van der Waals surface area contributed by atoms with Crippen molar-refractivity contribution in [1.82, 2.24) is 0 Å². The lowest BCUT2D eigenvalue weighted by molar-refractivity contribution is -0.0301. The third-order valence-corrected chi connectivity index (χ3v) is 7.95. The van der Waals surface area contributed by atoms with E-state index < -0.39 is 0 Å². The molecular weight excluding hydrogens is 264 g/mol. The molecule has 3 fully saturated rings. The van der Waals surface area contributed by atoms with Crippen molar-refractivity contribution in [3.63, 3.8) is 0 Å². The second-order valence-corrected chi connectivity index (χ2v) is 8.65. The van der Waals surface area contributed by atoms with Crippen LogP contribution in [0.25, 0.3) is 0 Å². The Bertz CT molecular complexity index is 496. The second kappa shape index (κ2) is 5.69. The Hall–Kier alpha value is -0.780. The number of hydrogen-bond donors (Lipinski definition) is 0. The molecule has 3 rings (SSSR count). The fourth-order valence-electron chi connectivity index (χ4n) is 6.51. The van der Waals surface area contributed by atoms with Crippen molar-refractivity contribution >= 4 is 0 Å². The summed E-state index contributed by atoms with van der Waals surface area (Å²) in [5, 5.41) is 0.